The van der Waals surface area contributed by atoms with Crippen molar-refractivity contribution < 1.29 is 9.59 Å². The van der Waals surface area contributed by atoms with E-state index in [9.17, 15) is 9.59 Å². The number of rotatable bonds is 7. The van der Waals surface area contributed by atoms with Crippen LogP contribution in [0, 0.1) is 12.8 Å². The number of nitrogens with one attached hydrogen (secondary N) is 4. The summed E-state index contributed by atoms with van der Waals surface area (Å²) in [7, 11) is 0. The number of urea groups is 1. The summed E-state index contributed by atoms with van der Waals surface area (Å²) in [5.74, 6) is 0.253. The number of carbonyl (C=O) groups is 2. The molecule has 2 aliphatic rings. The van der Waals surface area contributed by atoms with Gasteiger partial charge in [0.25, 0.3) is 0 Å². The van der Waals surface area contributed by atoms with Crippen molar-refractivity contribution in [2.75, 3.05) is 0 Å². The molecule has 3 unspecified atom stereocenters. The zero-order valence-corrected chi connectivity index (χ0v) is 17.3. The Morgan fingerprint density at radius 3 is 2.36 bits per heavy atom. The predicted molar refractivity (Wildman–Crippen MR) is 111 cm³/mol. The van der Waals surface area contributed by atoms with Crippen LogP contribution < -0.4 is 21.3 Å². The molecule has 2 aliphatic heterocycles. The molecule has 4 N–H and O–H groups in total. The number of fused-ring (bicyclic) bond motifs is 2. The van der Waals surface area contributed by atoms with Gasteiger partial charge in [0, 0.05) is 24.7 Å². The van der Waals surface area contributed by atoms with Gasteiger partial charge >= 0.3 is 6.03 Å². The Bertz CT molecular complexity index is 662. The fourth-order valence-corrected chi connectivity index (χ4v) is 4.28. The van der Waals surface area contributed by atoms with Crippen molar-refractivity contribution in [1.29, 1.82) is 0 Å². The summed E-state index contributed by atoms with van der Waals surface area (Å²) >= 11 is 0. The summed E-state index contributed by atoms with van der Waals surface area (Å²) in [4.78, 5) is 25.2. The van der Waals surface area contributed by atoms with E-state index >= 15 is 0 Å². The van der Waals surface area contributed by atoms with Gasteiger partial charge in [-0.2, -0.15) is 0 Å². The van der Waals surface area contributed by atoms with Crippen LogP contribution in [-0.4, -0.2) is 36.1 Å². The normalized spacial score (nSPS) is 24.6. The summed E-state index contributed by atoms with van der Waals surface area (Å²) in [5, 5.41) is 12.5. The minimum absolute atomic E-state index is 0.0644. The summed E-state index contributed by atoms with van der Waals surface area (Å²) in [6.07, 6.45) is 4.99. The second-order valence-corrected chi connectivity index (χ2v) is 8.81. The van der Waals surface area contributed by atoms with Crippen LogP contribution in [0.1, 0.15) is 57.1 Å². The van der Waals surface area contributed by atoms with Crippen molar-refractivity contribution in [3.63, 3.8) is 0 Å². The molecular weight excluding hydrogens is 352 g/mol. The van der Waals surface area contributed by atoms with Crippen molar-refractivity contribution in [2.45, 2.75) is 83.6 Å². The third kappa shape index (κ3) is 5.96. The number of carbonyl (C=O) groups excluding carboxylic acids is 2. The van der Waals surface area contributed by atoms with E-state index in [0.29, 0.717) is 31.0 Å². The Labute approximate surface area is 168 Å². The first-order valence-electron chi connectivity index (χ1n) is 10.6. The molecule has 1 aromatic rings. The molecule has 154 valence electrons. The molecular formula is C22H34N4O2. The first-order valence-corrected chi connectivity index (χ1v) is 10.6. The number of benzene rings is 1. The molecule has 3 atom stereocenters. The molecule has 0 aliphatic carbocycles. The lowest BCUT2D eigenvalue weighted by atomic mass is 9.98. The highest BCUT2D eigenvalue weighted by Crippen LogP contribution is 2.26. The van der Waals surface area contributed by atoms with Crippen LogP contribution in [0.3, 0.4) is 0 Å². The number of hydrogen-bond donors (Lipinski definition) is 4. The van der Waals surface area contributed by atoms with Gasteiger partial charge < -0.3 is 21.3 Å². The third-order valence-corrected chi connectivity index (χ3v) is 5.72. The molecule has 3 amide bonds. The topological polar surface area (TPSA) is 82.3 Å². The average Bonchev–Trinajstić information content (AvgIpc) is 2.98. The van der Waals surface area contributed by atoms with Crippen LogP contribution in [0.25, 0.3) is 0 Å². The van der Waals surface area contributed by atoms with Gasteiger partial charge in [0.2, 0.25) is 5.91 Å². The highest BCUT2D eigenvalue weighted by Gasteiger charge is 2.35. The van der Waals surface area contributed by atoms with Gasteiger partial charge in [-0.3, -0.25) is 4.79 Å². The zero-order chi connectivity index (χ0) is 20.1. The maximum absolute atomic E-state index is 12.9. The van der Waals surface area contributed by atoms with Gasteiger partial charge in [-0.05, 0) is 50.5 Å². The number of amides is 3. The van der Waals surface area contributed by atoms with E-state index in [1.807, 2.05) is 31.2 Å². The van der Waals surface area contributed by atoms with E-state index < -0.39 is 6.04 Å². The molecule has 28 heavy (non-hydrogen) atoms. The highest BCUT2D eigenvalue weighted by atomic mass is 16.2. The van der Waals surface area contributed by atoms with Crippen LogP contribution in [0.5, 0.6) is 0 Å². The minimum Gasteiger partial charge on any atom is -0.351 e. The molecule has 3 rings (SSSR count). The SMILES string of the molecule is Cc1ccc(CNC(=O)NC(CC(C)C)C(=O)NC2CC3CCC(C2)N3)cc1. The van der Waals surface area contributed by atoms with Crippen LogP contribution in [0.2, 0.25) is 0 Å². The summed E-state index contributed by atoms with van der Waals surface area (Å²) in [5.41, 5.74) is 2.23. The van der Waals surface area contributed by atoms with Crippen molar-refractivity contribution in [3.05, 3.63) is 35.4 Å². The largest absolute Gasteiger partial charge is 0.351 e. The molecule has 6 heteroatoms. The monoisotopic (exact) mass is 386 g/mol. The maximum Gasteiger partial charge on any atom is 0.315 e. The Morgan fingerprint density at radius 1 is 1.11 bits per heavy atom. The van der Waals surface area contributed by atoms with Crippen molar-refractivity contribution >= 4 is 11.9 Å². The standard InChI is InChI=1S/C22H34N4O2/c1-14(2)10-20(21(27)25-19-11-17-8-9-18(12-19)24-17)26-22(28)23-13-16-6-4-15(3)5-7-16/h4-7,14,17-20,24H,8-13H2,1-3H3,(H,25,27)(H2,23,26,28). The van der Waals surface area contributed by atoms with Crippen molar-refractivity contribution in [3.8, 4) is 0 Å². The Hall–Kier alpha value is -2.08. The number of piperidine rings is 1. The second-order valence-electron chi connectivity index (χ2n) is 8.81. The fraction of sp³-hybridized carbons (Fsp3) is 0.636. The molecule has 2 bridgehead atoms. The smallest absolute Gasteiger partial charge is 0.315 e. The van der Waals surface area contributed by atoms with Crippen molar-refractivity contribution in [2.24, 2.45) is 5.92 Å². The Morgan fingerprint density at radius 2 is 1.75 bits per heavy atom. The molecule has 6 nitrogen and oxygen atoms in total. The fourth-order valence-electron chi connectivity index (χ4n) is 4.28. The van der Waals surface area contributed by atoms with Crippen LogP contribution in [0.15, 0.2) is 24.3 Å². The molecule has 2 fully saturated rings. The van der Waals surface area contributed by atoms with Crippen LogP contribution >= 0.6 is 0 Å². The number of hydrogen-bond acceptors (Lipinski definition) is 3. The summed E-state index contributed by atoms with van der Waals surface area (Å²) in [6, 6.07) is 8.50. The number of aryl methyl sites for hydroxylation is 1. The average molecular weight is 387 g/mol. The minimum atomic E-state index is -0.509. The Balaban J connectivity index is 1.51. The second kappa shape index (κ2) is 9.41. The van der Waals surface area contributed by atoms with Gasteiger partial charge in [-0.15, -0.1) is 0 Å². The molecule has 0 spiro atoms. The van der Waals surface area contributed by atoms with Gasteiger partial charge in [-0.25, -0.2) is 4.79 Å². The summed E-state index contributed by atoms with van der Waals surface area (Å²) in [6.45, 7) is 6.61. The van der Waals surface area contributed by atoms with Gasteiger partial charge in [0.05, 0.1) is 0 Å². The maximum atomic E-state index is 12.9. The molecule has 0 saturated carbocycles. The lowest BCUT2D eigenvalue weighted by Crippen LogP contribution is -2.55. The first-order chi connectivity index (χ1) is 13.4. The molecule has 1 aromatic carbocycles. The third-order valence-electron chi connectivity index (χ3n) is 5.72. The predicted octanol–water partition coefficient (Wildman–Crippen LogP) is 2.61. The molecule has 0 radical (unpaired) electrons. The van der Waals surface area contributed by atoms with E-state index in [0.717, 1.165) is 18.4 Å². The first kappa shape index (κ1) is 20.6. The van der Waals surface area contributed by atoms with E-state index in [1.165, 1.54) is 18.4 Å². The molecule has 0 aromatic heterocycles. The van der Waals surface area contributed by atoms with E-state index in [4.69, 9.17) is 0 Å². The molecule has 2 heterocycles. The Kier molecular flexibility index (Phi) is 6.94. The van der Waals surface area contributed by atoms with Crippen LogP contribution in [-0.2, 0) is 11.3 Å². The van der Waals surface area contributed by atoms with E-state index in [-0.39, 0.29) is 18.0 Å². The summed E-state index contributed by atoms with van der Waals surface area (Å²) < 4.78 is 0. The zero-order valence-electron chi connectivity index (χ0n) is 17.3. The molecule has 2 saturated heterocycles. The van der Waals surface area contributed by atoms with Crippen molar-refractivity contribution in [1.82, 2.24) is 21.3 Å². The van der Waals surface area contributed by atoms with Crippen LogP contribution in [0.4, 0.5) is 4.79 Å². The highest BCUT2D eigenvalue weighted by molar-refractivity contribution is 5.87. The lowest BCUT2D eigenvalue weighted by molar-refractivity contribution is -0.124. The van der Waals surface area contributed by atoms with Gasteiger partial charge in [0.15, 0.2) is 0 Å². The van der Waals surface area contributed by atoms with Gasteiger partial charge in [-0.1, -0.05) is 43.7 Å². The van der Waals surface area contributed by atoms with Gasteiger partial charge in [0.1, 0.15) is 6.04 Å². The quantitative estimate of drug-likeness (QED) is 0.581. The van der Waals surface area contributed by atoms with E-state index in [2.05, 4.69) is 35.1 Å². The van der Waals surface area contributed by atoms with E-state index in [1.54, 1.807) is 0 Å². The lowest BCUT2D eigenvalue weighted by Gasteiger charge is -2.31.